The summed E-state index contributed by atoms with van der Waals surface area (Å²) in [6, 6.07) is 4.96. The number of alkyl halides is 3. The molecule has 0 atom stereocenters. The number of benzene rings is 1. The highest BCUT2D eigenvalue weighted by Crippen LogP contribution is 2.29. The molecule has 4 nitrogen and oxygen atoms in total. The number of amides is 1. The average Bonchev–Trinajstić information content (AvgIpc) is 3.08. The van der Waals surface area contributed by atoms with E-state index in [1.165, 1.54) is 23.5 Å². The highest BCUT2D eigenvalue weighted by atomic mass is 32.1. The molecule has 1 aromatic carbocycles. The summed E-state index contributed by atoms with van der Waals surface area (Å²) >= 11 is 1.49. The average molecular weight is 353 g/mol. The first-order valence-corrected chi connectivity index (χ1v) is 8.14. The zero-order valence-electron chi connectivity index (χ0n) is 12.5. The summed E-state index contributed by atoms with van der Waals surface area (Å²) in [5, 5.41) is 4.67. The van der Waals surface area contributed by atoms with Gasteiger partial charge in [0.05, 0.1) is 17.7 Å². The lowest BCUT2D eigenvalue weighted by molar-refractivity contribution is -0.137. The van der Waals surface area contributed by atoms with Crippen LogP contribution < -0.4 is 5.32 Å². The van der Waals surface area contributed by atoms with E-state index in [1.807, 2.05) is 16.0 Å². The molecule has 0 bridgehead atoms. The topological polar surface area (TPSA) is 46.4 Å². The Balaban J connectivity index is 1.47. The Kier molecular flexibility index (Phi) is 4.57. The second-order valence-electron chi connectivity index (χ2n) is 5.30. The van der Waals surface area contributed by atoms with Crippen molar-refractivity contribution in [2.75, 3.05) is 6.54 Å². The maximum Gasteiger partial charge on any atom is 0.416 e. The number of carbonyl (C=O) groups is 1. The van der Waals surface area contributed by atoms with Gasteiger partial charge in [0.25, 0.3) is 0 Å². The monoisotopic (exact) mass is 353 g/mol. The molecule has 0 aliphatic rings. The van der Waals surface area contributed by atoms with Crippen LogP contribution in [0.3, 0.4) is 0 Å². The van der Waals surface area contributed by atoms with Crippen LogP contribution in [-0.4, -0.2) is 21.8 Å². The van der Waals surface area contributed by atoms with Gasteiger partial charge in [0.1, 0.15) is 0 Å². The third-order valence-electron chi connectivity index (χ3n) is 3.50. The van der Waals surface area contributed by atoms with Crippen LogP contribution in [0.25, 0.3) is 4.96 Å². The summed E-state index contributed by atoms with van der Waals surface area (Å²) in [5.74, 6) is -0.160. The molecule has 0 saturated heterocycles. The zero-order chi connectivity index (χ0) is 17.2. The first kappa shape index (κ1) is 16.5. The van der Waals surface area contributed by atoms with E-state index in [-0.39, 0.29) is 12.3 Å². The molecule has 24 heavy (non-hydrogen) atoms. The minimum atomic E-state index is -4.33. The van der Waals surface area contributed by atoms with Crippen LogP contribution in [0, 0.1) is 0 Å². The molecule has 1 N–H and O–H groups in total. The molecule has 8 heteroatoms. The van der Waals surface area contributed by atoms with Crippen LogP contribution in [0.5, 0.6) is 0 Å². The van der Waals surface area contributed by atoms with Crippen molar-refractivity contribution < 1.29 is 18.0 Å². The lowest BCUT2D eigenvalue weighted by Crippen LogP contribution is -2.27. The molecule has 0 saturated carbocycles. The molecule has 0 aliphatic heterocycles. The predicted octanol–water partition coefficient (Wildman–Crippen LogP) is 3.32. The van der Waals surface area contributed by atoms with Crippen molar-refractivity contribution in [2.24, 2.45) is 0 Å². The number of thiazole rings is 1. The molecule has 0 fully saturated rings. The number of aromatic nitrogens is 2. The van der Waals surface area contributed by atoms with E-state index in [0.29, 0.717) is 18.7 Å². The van der Waals surface area contributed by atoms with Crippen LogP contribution >= 0.6 is 11.3 Å². The van der Waals surface area contributed by atoms with Gasteiger partial charge in [-0.15, -0.1) is 11.3 Å². The van der Waals surface area contributed by atoms with Gasteiger partial charge in [0.15, 0.2) is 4.96 Å². The van der Waals surface area contributed by atoms with E-state index in [9.17, 15) is 18.0 Å². The Bertz CT molecular complexity index is 808. The zero-order valence-corrected chi connectivity index (χ0v) is 13.3. The van der Waals surface area contributed by atoms with Crippen LogP contribution in [0.1, 0.15) is 16.8 Å². The van der Waals surface area contributed by atoms with Gasteiger partial charge in [-0.25, -0.2) is 4.98 Å². The van der Waals surface area contributed by atoms with Crippen LogP contribution in [0.15, 0.2) is 42.0 Å². The van der Waals surface area contributed by atoms with E-state index in [1.54, 1.807) is 6.20 Å². The highest BCUT2D eigenvalue weighted by Gasteiger charge is 2.29. The second kappa shape index (κ2) is 6.64. The Morgan fingerprint density at radius 1 is 1.25 bits per heavy atom. The fourth-order valence-electron chi connectivity index (χ4n) is 2.29. The Morgan fingerprint density at radius 2 is 2.00 bits per heavy atom. The maximum absolute atomic E-state index is 12.5. The Morgan fingerprint density at radius 3 is 2.67 bits per heavy atom. The quantitative estimate of drug-likeness (QED) is 0.765. The van der Waals surface area contributed by atoms with Gasteiger partial charge in [-0.3, -0.25) is 9.20 Å². The molecule has 0 unspecified atom stereocenters. The summed E-state index contributed by atoms with van der Waals surface area (Å²) in [6.07, 6.45) is 0.00884. The minimum absolute atomic E-state index is 0.160. The largest absolute Gasteiger partial charge is 0.416 e. The fourth-order valence-corrected chi connectivity index (χ4v) is 3.01. The number of imidazole rings is 1. The highest BCUT2D eigenvalue weighted by molar-refractivity contribution is 7.15. The number of nitrogens with zero attached hydrogens (tertiary/aromatic N) is 2. The maximum atomic E-state index is 12.5. The van der Waals surface area contributed by atoms with Gasteiger partial charge < -0.3 is 5.32 Å². The molecule has 2 heterocycles. The van der Waals surface area contributed by atoms with Crippen molar-refractivity contribution in [1.29, 1.82) is 0 Å². The van der Waals surface area contributed by atoms with E-state index in [0.717, 1.165) is 22.7 Å². The molecule has 1 amide bonds. The summed E-state index contributed by atoms with van der Waals surface area (Å²) < 4.78 is 39.3. The number of carbonyl (C=O) groups excluding carboxylic acids is 1. The Hall–Kier alpha value is -2.35. The SMILES string of the molecule is O=C(Cc1cn2ccsc2n1)NCCc1ccc(C(F)(F)F)cc1. The van der Waals surface area contributed by atoms with Gasteiger partial charge in [0, 0.05) is 24.3 Å². The van der Waals surface area contributed by atoms with E-state index < -0.39 is 11.7 Å². The lowest BCUT2D eigenvalue weighted by atomic mass is 10.1. The van der Waals surface area contributed by atoms with Crippen LogP contribution in [-0.2, 0) is 23.8 Å². The molecular formula is C16H14F3N3OS. The smallest absolute Gasteiger partial charge is 0.355 e. The summed E-state index contributed by atoms with van der Waals surface area (Å²) in [6.45, 7) is 0.367. The molecule has 2 aromatic heterocycles. The van der Waals surface area contributed by atoms with Crippen LogP contribution in [0.4, 0.5) is 13.2 Å². The van der Waals surface area contributed by atoms with Gasteiger partial charge in [0.2, 0.25) is 5.91 Å². The summed E-state index contributed by atoms with van der Waals surface area (Å²) in [4.78, 5) is 17.0. The number of hydrogen-bond donors (Lipinski definition) is 1. The van der Waals surface area contributed by atoms with E-state index >= 15 is 0 Å². The fraction of sp³-hybridized carbons (Fsp3) is 0.250. The van der Waals surface area contributed by atoms with Crippen molar-refractivity contribution in [3.05, 3.63) is 58.9 Å². The second-order valence-corrected chi connectivity index (χ2v) is 6.17. The van der Waals surface area contributed by atoms with E-state index in [2.05, 4.69) is 10.3 Å². The Labute approximate surface area is 139 Å². The number of rotatable bonds is 5. The van der Waals surface area contributed by atoms with Gasteiger partial charge in [-0.05, 0) is 24.1 Å². The standard InChI is InChI=1S/C16H14F3N3OS/c17-16(18,19)12-3-1-11(2-4-12)5-6-20-14(23)9-13-10-22-7-8-24-15(22)21-13/h1-4,7-8,10H,5-6,9H2,(H,20,23). The number of halogens is 3. The van der Waals surface area contributed by atoms with Crippen molar-refractivity contribution in [1.82, 2.24) is 14.7 Å². The van der Waals surface area contributed by atoms with Crippen molar-refractivity contribution in [2.45, 2.75) is 19.0 Å². The number of hydrogen-bond acceptors (Lipinski definition) is 3. The van der Waals surface area contributed by atoms with Crippen molar-refractivity contribution >= 4 is 22.2 Å². The molecular weight excluding hydrogens is 339 g/mol. The summed E-state index contributed by atoms with van der Waals surface area (Å²) in [7, 11) is 0. The van der Waals surface area contributed by atoms with Gasteiger partial charge in [-0.1, -0.05) is 12.1 Å². The number of nitrogens with one attached hydrogen (secondary N) is 1. The lowest BCUT2D eigenvalue weighted by Gasteiger charge is -2.08. The van der Waals surface area contributed by atoms with Crippen LogP contribution in [0.2, 0.25) is 0 Å². The normalized spacial score (nSPS) is 11.8. The van der Waals surface area contributed by atoms with Gasteiger partial charge >= 0.3 is 6.18 Å². The third-order valence-corrected chi connectivity index (χ3v) is 4.27. The van der Waals surface area contributed by atoms with Crippen molar-refractivity contribution in [3.63, 3.8) is 0 Å². The van der Waals surface area contributed by atoms with Crippen molar-refractivity contribution in [3.8, 4) is 0 Å². The predicted molar refractivity (Wildman–Crippen MR) is 84.9 cm³/mol. The number of fused-ring (bicyclic) bond motifs is 1. The molecule has 0 aliphatic carbocycles. The first-order valence-electron chi connectivity index (χ1n) is 7.26. The third kappa shape index (κ3) is 3.94. The molecule has 0 radical (unpaired) electrons. The molecule has 126 valence electrons. The molecule has 0 spiro atoms. The van der Waals surface area contributed by atoms with E-state index in [4.69, 9.17) is 0 Å². The molecule has 3 aromatic rings. The van der Waals surface area contributed by atoms with Gasteiger partial charge in [-0.2, -0.15) is 13.2 Å². The molecule has 3 rings (SSSR count). The first-order chi connectivity index (χ1) is 11.4. The summed E-state index contributed by atoms with van der Waals surface area (Å²) in [5.41, 5.74) is 0.759. The minimum Gasteiger partial charge on any atom is -0.355 e.